The van der Waals surface area contributed by atoms with Crippen LogP contribution in [0.15, 0.2) is 206 Å². The van der Waals surface area contributed by atoms with Crippen LogP contribution in [0.5, 0.6) is 0 Å². The zero-order valence-electron chi connectivity index (χ0n) is 28.6. The summed E-state index contributed by atoms with van der Waals surface area (Å²) in [5.41, 5.74) is 12.4. The van der Waals surface area contributed by atoms with E-state index in [0.717, 1.165) is 0 Å². The molecular weight excluding hydrogens is 625 g/mol. The van der Waals surface area contributed by atoms with Gasteiger partial charge in [0.25, 0.3) is 0 Å². The molecule has 10 rings (SSSR count). The lowest BCUT2D eigenvalue weighted by molar-refractivity contribution is 1.61. The predicted molar refractivity (Wildman–Crippen MR) is 224 cm³/mol. The van der Waals surface area contributed by atoms with Crippen molar-refractivity contribution in [1.82, 2.24) is 0 Å². The Kier molecular flexibility index (Phi) is 7.25. The fourth-order valence-corrected chi connectivity index (χ4v) is 8.04. The first kappa shape index (κ1) is 30.1. The van der Waals surface area contributed by atoms with Gasteiger partial charge in [-0.2, -0.15) is 0 Å². The zero-order valence-corrected chi connectivity index (χ0v) is 28.6. The third-order valence-corrected chi connectivity index (χ3v) is 10.6. The molecule has 10 aromatic carbocycles. The van der Waals surface area contributed by atoms with E-state index in [1.807, 2.05) is 0 Å². The first-order chi connectivity index (χ1) is 25.8. The maximum absolute atomic E-state index is 2.38. The van der Waals surface area contributed by atoms with E-state index in [1.165, 1.54) is 98.7 Å². The molecule has 0 N–H and O–H groups in total. The Morgan fingerprint density at radius 1 is 0.173 bits per heavy atom. The topological polar surface area (TPSA) is 0 Å². The maximum atomic E-state index is 2.38. The van der Waals surface area contributed by atoms with Crippen molar-refractivity contribution in [3.05, 3.63) is 206 Å². The van der Waals surface area contributed by atoms with E-state index in [-0.39, 0.29) is 0 Å². The van der Waals surface area contributed by atoms with Gasteiger partial charge in [-0.1, -0.05) is 182 Å². The van der Waals surface area contributed by atoms with Crippen molar-refractivity contribution in [2.24, 2.45) is 0 Å². The van der Waals surface area contributed by atoms with Crippen LogP contribution >= 0.6 is 0 Å². The van der Waals surface area contributed by atoms with Gasteiger partial charge in [-0.3, -0.25) is 0 Å². The fourth-order valence-electron chi connectivity index (χ4n) is 8.04. The van der Waals surface area contributed by atoms with Gasteiger partial charge >= 0.3 is 0 Å². The Bertz CT molecular complexity index is 2880. The quantitative estimate of drug-likeness (QED) is 0.161. The van der Waals surface area contributed by atoms with Crippen molar-refractivity contribution < 1.29 is 0 Å². The van der Waals surface area contributed by atoms with Crippen molar-refractivity contribution in [1.29, 1.82) is 0 Å². The molecular formula is C52H34. The molecule has 0 nitrogen and oxygen atoms in total. The standard InChI is InChI=1S/C52H34/c1-2-11-35(12-3-1)41-15-10-16-44(32-41)51-47-17-6-8-19-49(47)52(50-20-9-7-18-48(50)51)45-30-27-39-26-29-43(33-46(39)34-45)38-23-21-37(22-24-38)42-28-25-36-13-4-5-14-40(36)31-42/h1-34H. The molecule has 0 saturated heterocycles. The molecule has 0 amide bonds. The van der Waals surface area contributed by atoms with E-state index in [2.05, 4.69) is 206 Å². The van der Waals surface area contributed by atoms with Crippen molar-refractivity contribution in [3.8, 4) is 55.6 Å². The normalized spacial score (nSPS) is 11.5. The lowest BCUT2D eigenvalue weighted by atomic mass is 9.85. The summed E-state index contributed by atoms with van der Waals surface area (Å²) in [5.74, 6) is 0. The lowest BCUT2D eigenvalue weighted by Crippen LogP contribution is -1.91. The highest BCUT2D eigenvalue weighted by Gasteiger charge is 2.17. The largest absolute Gasteiger partial charge is 0.0622 e. The molecule has 0 aliphatic rings. The van der Waals surface area contributed by atoms with Crippen LogP contribution in [-0.2, 0) is 0 Å². The summed E-state index contributed by atoms with van der Waals surface area (Å²) in [6.07, 6.45) is 0. The zero-order chi connectivity index (χ0) is 34.4. The number of rotatable bonds is 5. The SMILES string of the molecule is c1ccc(-c2cccc(-c3c4ccccc4c(-c4ccc5ccc(-c6ccc(-c7ccc8ccccc8c7)cc6)cc5c4)c4ccccc34)c2)cc1. The van der Waals surface area contributed by atoms with Gasteiger partial charge in [-0.05, 0) is 123 Å². The van der Waals surface area contributed by atoms with Gasteiger partial charge in [-0.25, -0.2) is 0 Å². The molecule has 0 spiro atoms. The van der Waals surface area contributed by atoms with E-state index < -0.39 is 0 Å². The molecule has 0 heteroatoms. The number of hydrogen-bond donors (Lipinski definition) is 0. The molecule has 0 saturated carbocycles. The van der Waals surface area contributed by atoms with Crippen molar-refractivity contribution in [3.63, 3.8) is 0 Å². The molecule has 52 heavy (non-hydrogen) atoms. The predicted octanol–water partition coefficient (Wildman–Crippen LogP) is 14.6. The van der Waals surface area contributed by atoms with Crippen LogP contribution in [0.3, 0.4) is 0 Å². The van der Waals surface area contributed by atoms with Crippen LogP contribution in [0.25, 0.3) is 98.7 Å². The molecule has 0 atom stereocenters. The summed E-state index contributed by atoms with van der Waals surface area (Å²) in [7, 11) is 0. The Morgan fingerprint density at radius 2 is 0.519 bits per heavy atom. The number of hydrogen-bond acceptors (Lipinski definition) is 0. The average molecular weight is 659 g/mol. The first-order valence-electron chi connectivity index (χ1n) is 18.0. The van der Waals surface area contributed by atoms with E-state index >= 15 is 0 Å². The summed E-state index contributed by atoms with van der Waals surface area (Å²) in [6, 6.07) is 75.6. The summed E-state index contributed by atoms with van der Waals surface area (Å²) >= 11 is 0. The molecule has 0 bridgehead atoms. The number of fused-ring (bicyclic) bond motifs is 4. The van der Waals surface area contributed by atoms with Gasteiger partial charge in [0.1, 0.15) is 0 Å². The molecule has 0 fully saturated rings. The molecule has 0 unspecified atom stereocenters. The van der Waals surface area contributed by atoms with Crippen molar-refractivity contribution in [2.45, 2.75) is 0 Å². The third-order valence-electron chi connectivity index (χ3n) is 10.6. The Labute approximate surface area is 303 Å². The van der Waals surface area contributed by atoms with Crippen LogP contribution in [0.4, 0.5) is 0 Å². The summed E-state index contributed by atoms with van der Waals surface area (Å²) in [4.78, 5) is 0. The molecule has 0 heterocycles. The van der Waals surface area contributed by atoms with E-state index in [4.69, 9.17) is 0 Å². The van der Waals surface area contributed by atoms with E-state index in [9.17, 15) is 0 Å². The minimum absolute atomic E-state index is 1.22. The molecule has 0 aliphatic heterocycles. The highest BCUT2D eigenvalue weighted by Crippen LogP contribution is 2.45. The van der Waals surface area contributed by atoms with Gasteiger partial charge in [0, 0.05) is 0 Å². The van der Waals surface area contributed by atoms with Crippen LogP contribution < -0.4 is 0 Å². The third kappa shape index (κ3) is 5.25. The summed E-state index contributed by atoms with van der Waals surface area (Å²) < 4.78 is 0. The second kappa shape index (κ2) is 12.5. The van der Waals surface area contributed by atoms with Crippen LogP contribution in [0.1, 0.15) is 0 Å². The van der Waals surface area contributed by atoms with Crippen molar-refractivity contribution >= 4 is 43.1 Å². The van der Waals surface area contributed by atoms with Gasteiger partial charge in [-0.15, -0.1) is 0 Å². The average Bonchev–Trinajstić information content (AvgIpc) is 3.22. The smallest absolute Gasteiger partial charge is 0.00262 e. The lowest BCUT2D eigenvalue weighted by Gasteiger charge is -2.18. The molecule has 242 valence electrons. The van der Waals surface area contributed by atoms with Gasteiger partial charge in [0.05, 0.1) is 0 Å². The second-order valence-corrected chi connectivity index (χ2v) is 13.7. The molecule has 10 aromatic rings. The summed E-state index contributed by atoms with van der Waals surface area (Å²) in [6.45, 7) is 0. The second-order valence-electron chi connectivity index (χ2n) is 13.7. The monoisotopic (exact) mass is 658 g/mol. The molecule has 0 aliphatic carbocycles. The first-order valence-corrected chi connectivity index (χ1v) is 18.0. The van der Waals surface area contributed by atoms with Crippen LogP contribution in [0, 0.1) is 0 Å². The van der Waals surface area contributed by atoms with Gasteiger partial charge < -0.3 is 0 Å². The summed E-state index contributed by atoms with van der Waals surface area (Å²) in [5, 5.41) is 10.1. The molecule has 0 radical (unpaired) electrons. The van der Waals surface area contributed by atoms with Gasteiger partial charge in [0.2, 0.25) is 0 Å². The van der Waals surface area contributed by atoms with Gasteiger partial charge in [0.15, 0.2) is 0 Å². The Hall–Kier alpha value is -6.76. The highest BCUT2D eigenvalue weighted by molar-refractivity contribution is 6.21. The fraction of sp³-hybridized carbons (Fsp3) is 0. The van der Waals surface area contributed by atoms with E-state index in [0.29, 0.717) is 0 Å². The minimum atomic E-state index is 1.22. The molecule has 0 aromatic heterocycles. The van der Waals surface area contributed by atoms with E-state index in [1.54, 1.807) is 0 Å². The van der Waals surface area contributed by atoms with Crippen molar-refractivity contribution in [2.75, 3.05) is 0 Å². The maximum Gasteiger partial charge on any atom is -0.00262 e. The Morgan fingerprint density at radius 3 is 1.12 bits per heavy atom. The highest BCUT2D eigenvalue weighted by atomic mass is 14.2. The van der Waals surface area contributed by atoms with Crippen LogP contribution in [0.2, 0.25) is 0 Å². The minimum Gasteiger partial charge on any atom is -0.0622 e. The Balaban J connectivity index is 1.08. The van der Waals surface area contributed by atoms with Crippen LogP contribution in [-0.4, -0.2) is 0 Å². The number of benzene rings is 10.